The van der Waals surface area contributed by atoms with E-state index in [1.54, 1.807) is 7.11 Å². The van der Waals surface area contributed by atoms with Gasteiger partial charge in [-0.3, -0.25) is 4.79 Å². The zero-order chi connectivity index (χ0) is 14.0. The van der Waals surface area contributed by atoms with Crippen molar-refractivity contribution in [3.05, 3.63) is 35.4 Å². The number of hydrogen-bond donors (Lipinski definition) is 0. The van der Waals surface area contributed by atoms with Gasteiger partial charge in [0, 0.05) is 12.7 Å². The summed E-state index contributed by atoms with van der Waals surface area (Å²) in [5, 5.41) is 0. The Kier molecular flexibility index (Phi) is 4.10. The van der Waals surface area contributed by atoms with Crippen molar-refractivity contribution in [2.75, 3.05) is 7.11 Å². The van der Waals surface area contributed by atoms with Crippen molar-refractivity contribution in [3.63, 3.8) is 0 Å². The summed E-state index contributed by atoms with van der Waals surface area (Å²) in [6, 6.07) is 8.04. The maximum absolute atomic E-state index is 12.8. The van der Waals surface area contributed by atoms with Crippen LogP contribution in [-0.2, 0) is 4.74 Å². The first-order valence-electron chi connectivity index (χ1n) is 7.11. The molecule has 1 fully saturated rings. The summed E-state index contributed by atoms with van der Waals surface area (Å²) in [5.41, 5.74) is 1.89. The largest absolute Gasteiger partial charge is 0.373 e. The van der Waals surface area contributed by atoms with E-state index in [-0.39, 0.29) is 17.3 Å². The number of carbonyl (C=O) groups excluding carboxylic acids is 1. The molecule has 2 rings (SSSR count). The minimum Gasteiger partial charge on any atom is -0.373 e. The van der Waals surface area contributed by atoms with Gasteiger partial charge in [-0.25, -0.2) is 0 Å². The van der Waals surface area contributed by atoms with E-state index in [1.807, 2.05) is 39.0 Å². The highest BCUT2D eigenvalue weighted by Gasteiger charge is 2.34. The van der Waals surface area contributed by atoms with Crippen LogP contribution < -0.4 is 0 Å². The van der Waals surface area contributed by atoms with Crippen LogP contribution in [0.5, 0.6) is 0 Å². The summed E-state index contributed by atoms with van der Waals surface area (Å²) in [4.78, 5) is 12.8. The number of carbonyl (C=O) groups is 1. The van der Waals surface area contributed by atoms with Crippen molar-refractivity contribution in [2.24, 2.45) is 5.41 Å². The van der Waals surface area contributed by atoms with Crippen LogP contribution >= 0.6 is 0 Å². The lowest BCUT2D eigenvalue weighted by Gasteiger charge is -2.31. The summed E-state index contributed by atoms with van der Waals surface area (Å²) >= 11 is 0. The Morgan fingerprint density at radius 3 is 2.37 bits per heavy atom. The van der Waals surface area contributed by atoms with Gasteiger partial charge in [-0.15, -0.1) is 0 Å². The molecule has 0 aliphatic heterocycles. The standard InChI is InChI=1S/C17H24O2/c1-17(2,3)16(19-4)15(18)14-11-6-5-10-13(14)12-8-7-9-12/h5-6,10-12,16H,7-9H2,1-4H3. The van der Waals surface area contributed by atoms with E-state index in [0.29, 0.717) is 5.92 Å². The van der Waals surface area contributed by atoms with Crippen LogP contribution in [0.15, 0.2) is 24.3 Å². The van der Waals surface area contributed by atoms with Crippen LogP contribution in [0, 0.1) is 5.41 Å². The molecule has 1 aromatic carbocycles. The lowest BCUT2D eigenvalue weighted by atomic mass is 9.75. The molecule has 104 valence electrons. The van der Waals surface area contributed by atoms with Gasteiger partial charge in [0.05, 0.1) is 0 Å². The number of Topliss-reactive ketones (excluding diaryl/α,β-unsaturated/α-hetero) is 1. The van der Waals surface area contributed by atoms with Crippen LogP contribution in [0.25, 0.3) is 0 Å². The molecule has 1 saturated carbocycles. The van der Waals surface area contributed by atoms with Crippen LogP contribution in [0.2, 0.25) is 0 Å². The number of hydrogen-bond acceptors (Lipinski definition) is 2. The van der Waals surface area contributed by atoms with Gasteiger partial charge in [0.2, 0.25) is 0 Å². The molecule has 0 bridgehead atoms. The molecule has 1 unspecified atom stereocenters. The van der Waals surface area contributed by atoms with Gasteiger partial charge in [0.15, 0.2) is 5.78 Å². The fourth-order valence-corrected chi connectivity index (χ4v) is 2.79. The first kappa shape index (κ1) is 14.3. The first-order valence-corrected chi connectivity index (χ1v) is 7.11. The second-order valence-corrected chi connectivity index (χ2v) is 6.56. The lowest BCUT2D eigenvalue weighted by molar-refractivity contribution is 0.0194. The molecule has 0 saturated heterocycles. The molecule has 19 heavy (non-hydrogen) atoms. The van der Waals surface area contributed by atoms with E-state index >= 15 is 0 Å². The van der Waals surface area contributed by atoms with Gasteiger partial charge < -0.3 is 4.74 Å². The third-order valence-electron chi connectivity index (χ3n) is 4.03. The van der Waals surface area contributed by atoms with Gasteiger partial charge >= 0.3 is 0 Å². The smallest absolute Gasteiger partial charge is 0.192 e. The Morgan fingerprint density at radius 2 is 1.89 bits per heavy atom. The normalized spacial score (nSPS) is 17.9. The SMILES string of the molecule is COC(C(=O)c1ccccc1C1CCC1)C(C)(C)C. The highest BCUT2D eigenvalue weighted by molar-refractivity contribution is 6.01. The minimum atomic E-state index is -0.381. The Bertz CT molecular complexity index is 453. The quantitative estimate of drug-likeness (QED) is 0.758. The van der Waals surface area contributed by atoms with E-state index in [9.17, 15) is 4.79 Å². The van der Waals surface area contributed by atoms with Gasteiger partial charge in [0.1, 0.15) is 6.10 Å². The number of methoxy groups -OCH3 is 1. The van der Waals surface area contributed by atoms with Gasteiger partial charge in [0.25, 0.3) is 0 Å². The Labute approximate surface area is 116 Å². The van der Waals surface area contributed by atoms with Gasteiger partial charge in [-0.05, 0) is 29.7 Å². The molecular weight excluding hydrogens is 236 g/mol. The van der Waals surface area contributed by atoms with Gasteiger partial charge in [-0.2, -0.15) is 0 Å². The highest BCUT2D eigenvalue weighted by atomic mass is 16.5. The van der Waals surface area contributed by atoms with Crippen molar-refractivity contribution in [1.29, 1.82) is 0 Å². The van der Waals surface area contributed by atoms with Crippen molar-refractivity contribution in [3.8, 4) is 0 Å². The van der Waals surface area contributed by atoms with Crippen molar-refractivity contribution in [1.82, 2.24) is 0 Å². The van der Waals surface area contributed by atoms with Crippen molar-refractivity contribution in [2.45, 2.75) is 52.1 Å². The average molecular weight is 260 g/mol. The lowest BCUT2D eigenvalue weighted by Crippen LogP contribution is -2.37. The second kappa shape index (κ2) is 5.46. The van der Waals surface area contributed by atoms with Crippen molar-refractivity contribution >= 4 is 5.78 Å². The van der Waals surface area contributed by atoms with E-state index in [4.69, 9.17) is 4.74 Å². The maximum Gasteiger partial charge on any atom is 0.192 e. The predicted molar refractivity (Wildman–Crippen MR) is 77.6 cm³/mol. The molecule has 0 heterocycles. The molecular formula is C17H24O2. The molecule has 0 amide bonds. The van der Waals surface area contributed by atoms with E-state index in [2.05, 4.69) is 6.07 Å². The monoisotopic (exact) mass is 260 g/mol. The average Bonchev–Trinajstić information content (AvgIpc) is 2.26. The number of ketones is 1. The summed E-state index contributed by atoms with van der Waals surface area (Å²) in [6.45, 7) is 6.14. The number of benzene rings is 1. The van der Waals surface area contributed by atoms with Gasteiger partial charge in [-0.1, -0.05) is 51.5 Å². The fraction of sp³-hybridized carbons (Fsp3) is 0.588. The summed E-state index contributed by atoms with van der Waals surface area (Å²) in [6.07, 6.45) is 3.31. The van der Waals surface area contributed by atoms with E-state index in [1.165, 1.54) is 24.8 Å². The minimum absolute atomic E-state index is 0.123. The first-order chi connectivity index (χ1) is 8.95. The molecule has 2 heteroatoms. The zero-order valence-electron chi connectivity index (χ0n) is 12.4. The molecule has 1 atom stereocenters. The second-order valence-electron chi connectivity index (χ2n) is 6.56. The Hall–Kier alpha value is -1.15. The summed E-state index contributed by atoms with van der Waals surface area (Å²) in [5.74, 6) is 0.690. The maximum atomic E-state index is 12.8. The van der Waals surface area contributed by atoms with Crippen LogP contribution in [-0.4, -0.2) is 19.0 Å². The van der Waals surface area contributed by atoms with E-state index in [0.717, 1.165) is 5.56 Å². The zero-order valence-corrected chi connectivity index (χ0v) is 12.4. The molecule has 0 spiro atoms. The number of ether oxygens (including phenoxy) is 1. The topological polar surface area (TPSA) is 26.3 Å². The van der Waals surface area contributed by atoms with Crippen LogP contribution in [0.3, 0.4) is 0 Å². The Balaban J connectivity index is 2.32. The third-order valence-corrected chi connectivity index (χ3v) is 4.03. The molecule has 1 aliphatic rings. The molecule has 1 aromatic rings. The fourth-order valence-electron chi connectivity index (χ4n) is 2.79. The predicted octanol–water partition coefficient (Wildman–Crippen LogP) is 4.20. The molecule has 0 N–H and O–H groups in total. The highest BCUT2D eigenvalue weighted by Crippen LogP contribution is 2.39. The number of rotatable bonds is 4. The van der Waals surface area contributed by atoms with Crippen molar-refractivity contribution < 1.29 is 9.53 Å². The molecule has 0 aromatic heterocycles. The molecule has 2 nitrogen and oxygen atoms in total. The van der Waals surface area contributed by atoms with E-state index < -0.39 is 0 Å². The Morgan fingerprint density at radius 1 is 1.26 bits per heavy atom. The summed E-state index contributed by atoms with van der Waals surface area (Å²) < 4.78 is 5.47. The molecule has 0 radical (unpaired) electrons. The molecule has 1 aliphatic carbocycles. The van der Waals surface area contributed by atoms with Crippen LogP contribution in [0.4, 0.5) is 0 Å². The summed E-state index contributed by atoms with van der Waals surface area (Å²) in [7, 11) is 1.62. The van der Waals surface area contributed by atoms with Crippen LogP contribution in [0.1, 0.15) is 61.9 Å². The third kappa shape index (κ3) is 2.89.